The molecule has 25 heavy (non-hydrogen) atoms. The van der Waals surface area contributed by atoms with Gasteiger partial charge in [0.05, 0.1) is 11.8 Å². The Kier molecular flexibility index (Phi) is 4.22. The molecule has 2 heterocycles. The van der Waals surface area contributed by atoms with Gasteiger partial charge in [0.15, 0.2) is 0 Å². The van der Waals surface area contributed by atoms with Gasteiger partial charge >= 0.3 is 0 Å². The number of pyridine rings is 1. The number of nitrogens with one attached hydrogen (secondary N) is 1. The van der Waals surface area contributed by atoms with E-state index in [4.69, 9.17) is 0 Å². The lowest BCUT2D eigenvalue weighted by atomic mass is 10.0. The van der Waals surface area contributed by atoms with Crippen LogP contribution in [-0.4, -0.2) is 23.3 Å². The standard InChI is InChI=1S/C20H21N3O2/c24-19(22-13-14-7-9-21-10-8-14)16-12-17(16)20(25)23-11-3-5-15-4-1-2-6-18(15)23/h1-2,4,6-10,16-17H,3,5,11-13H2,(H,22,24). The number of carbonyl (C=O) groups is 2. The fourth-order valence-corrected chi connectivity index (χ4v) is 3.54. The van der Waals surface area contributed by atoms with E-state index in [1.54, 1.807) is 12.4 Å². The molecule has 2 amide bonds. The molecule has 5 heteroatoms. The molecule has 128 valence electrons. The topological polar surface area (TPSA) is 62.3 Å². The maximum absolute atomic E-state index is 12.8. The SMILES string of the molecule is O=C(NCc1ccncc1)C1CC1C(=O)N1CCCc2ccccc21. The molecule has 5 nitrogen and oxygen atoms in total. The number of benzene rings is 1. The number of hydrogen-bond donors (Lipinski definition) is 1. The summed E-state index contributed by atoms with van der Waals surface area (Å²) in [7, 11) is 0. The second-order valence-corrected chi connectivity index (χ2v) is 6.74. The lowest BCUT2D eigenvalue weighted by molar-refractivity contribution is -0.126. The smallest absolute Gasteiger partial charge is 0.230 e. The predicted octanol–water partition coefficient (Wildman–Crippen LogP) is 2.31. The Morgan fingerprint density at radius 3 is 2.76 bits per heavy atom. The largest absolute Gasteiger partial charge is 0.352 e. The normalized spacial score (nSPS) is 21.4. The summed E-state index contributed by atoms with van der Waals surface area (Å²) in [6, 6.07) is 11.8. The van der Waals surface area contributed by atoms with Crippen LogP contribution in [0.3, 0.4) is 0 Å². The number of rotatable bonds is 4. The van der Waals surface area contributed by atoms with Crippen LogP contribution >= 0.6 is 0 Å². The molecule has 2 aliphatic rings. The van der Waals surface area contributed by atoms with Crippen LogP contribution in [0.4, 0.5) is 5.69 Å². The summed E-state index contributed by atoms with van der Waals surface area (Å²) < 4.78 is 0. The molecule has 1 N–H and O–H groups in total. The van der Waals surface area contributed by atoms with Crippen molar-refractivity contribution in [3.8, 4) is 0 Å². The first-order chi connectivity index (χ1) is 12.2. The summed E-state index contributed by atoms with van der Waals surface area (Å²) in [5, 5.41) is 2.93. The molecule has 4 rings (SSSR count). The summed E-state index contributed by atoms with van der Waals surface area (Å²) in [5.74, 6) is -0.302. The average Bonchev–Trinajstić information content (AvgIpc) is 3.47. The molecule has 0 radical (unpaired) electrons. The van der Waals surface area contributed by atoms with Crippen molar-refractivity contribution >= 4 is 17.5 Å². The average molecular weight is 335 g/mol. The summed E-state index contributed by atoms with van der Waals surface area (Å²) in [6.45, 7) is 1.23. The van der Waals surface area contributed by atoms with E-state index in [-0.39, 0.29) is 23.7 Å². The number of aromatic nitrogens is 1. The molecule has 2 unspecified atom stereocenters. The van der Waals surface area contributed by atoms with E-state index in [1.807, 2.05) is 35.2 Å². The molecule has 1 aliphatic carbocycles. The monoisotopic (exact) mass is 335 g/mol. The summed E-state index contributed by atoms with van der Waals surface area (Å²) in [4.78, 5) is 31.0. The van der Waals surface area contributed by atoms with Crippen LogP contribution in [0.5, 0.6) is 0 Å². The van der Waals surface area contributed by atoms with Crippen molar-refractivity contribution in [1.29, 1.82) is 0 Å². The van der Waals surface area contributed by atoms with Gasteiger partial charge in [-0.15, -0.1) is 0 Å². The third-order valence-electron chi connectivity index (χ3n) is 5.04. The second-order valence-electron chi connectivity index (χ2n) is 6.74. The summed E-state index contributed by atoms with van der Waals surface area (Å²) >= 11 is 0. The Hall–Kier alpha value is -2.69. The Morgan fingerprint density at radius 2 is 1.92 bits per heavy atom. The van der Waals surface area contributed by atoms with Gasteiger partial charge in [0.25, 0.3) is 0 Å². The van der Waals surface area contributed by atoms with E-state index < -0.39 is 0 Å². The van der Waals surface area contributed by atoms with Crippen molar-refractivity contribution in [1.82, 2.24) is 10.3 Å². The van der Waals surface area contributed by atoms with Gasteiger partial charge in [-0.3, -0.25) is 14.6 Å². The van der Waals surface area contributed by atoms with Crippen LogP contribution in [0.15, 0.2) is 48.8 Å². The third kappa shape index (κ3) is 3.27. The van der Waals surface area contributed by atoms with Crippen LogP contribution in [0, 0.1) is 11.8 Å². The maximum Gasteiger partial charge on any atom is 0.230 e. The van der Waals surface area contributed by atoms with Crippen LogP contribution in [-0.2, 0) is 22.6 Å². The molecular weight excluding hydrogens is 314 g/mol. The van der Waals surface area contributed by atoms with Crippen molar-refractivity contribution < 1.29 is 9.59 Å². The second kappa shape index (κ2) is 6.67. The van der Waals surface area contributed by atoms with E-state index >= 15 is 0 Å². The maximum atomic E-state index is 12.8. The predicted molar refractivity (Wildman–Crippen MR) is 94.8 cm³/mol. The number of amides is 2. The van der Waals surface area contributed by atoms with Gasteiger partial charge in [0.1, 0.15) is 0 Å². The Labute approximate surface area is 147 Å². The quantitative estimate of drug-likeness (QED) is 0.933. The Balaban J connectivity index is 1.37. The van der Waals surface area contributed by atoms with Gasteiger partial charge < -0.3 is 10.2 Å². The van der Waals surface area contributed by atoms with Gasteiger partial charge in [-0.05, 0) is 48.6 Å². The zero-order valence-corrected chi connectivity index (χ0v) is 14.0. The van der Waals surface area contributed by atoms with Crippen molar-refractivity contribution in [2.45, 2.75) is 25.8 Å². The number of fused-ring (bicyclic) bond motifs is 1. The number of carbonyl (C=O) groups excluding carboxylic acids is 2. The van der Waals surface area contributed by atoms with Crippen molar-refractivity contribution in [3.05, 3.63) is 59.9 Å². The van der Waals surface area contributed by atoms with Gasteiger partial charge in [0.2, 0.25) is 11.8 Å². The van der Waals surface area contributed by atoms with Crippen molar-refractivity contribution in [3.63, 3.8) is 0 Å². The molecule has 1 aliphatic heterocycles. The highest BCUT2D eigenvalue weighted by Crippen LogP contribution is 2.42. The summed E-state index contributed by atoms with van der Waals surface area (Å²) in [5.41, 5.74) is 3.25. The lowest BCUT2D eigenvalue weighted by Gasteiger charge is -2.29. The van der Waals surface area contributed by atoms with E-state index in [2.05, 4.69) is 16.4 Å². The Morgan fingerprint density at radius 1 is 1.12 bits per heavy atom. The zero-order chi connectivity index (χ0) is 17.2. The third-order valence-corrected chi connectivity index (χ3v) is 5.04. The molecule has 1 aromatic heterocycles. The van der Waals surface area contributed by atoms with E-state index in [0.717, 1.165) is 30.6 Å². The first-order valence-electron chi connectivity index (χ1n) is 8.80. The first-order valence-corrected chi connectivity index (χ1v) is 8.80. The van der Waals surface area contributed by atoms with Crippen LogP contribution in [0.1, 0.15) is 24.0 Å². The zero-order valence-electron chi connectivity index (χ0n) is 14.0. The number of hydrogen-bond acceptors (Lipinski definition) is 3. The molecule has 0 bridgehead atoms. The van der Waals surface area contributed by atoms with Crippen LogP contribution in [0.25, 0.3) is 0 Å². The van der Waals surface area contributed by atoms with Crippen molar-refractivity contribution in [2.24, 2.45) is 11.8 Å². The van der Waals surface area contributed by atoms with Crippen LogP contribution < -0.4 is 10.2 Å². The number of aryl methyl sites for hydroxylation is 1. The van der Waals surface area contributed by atoms with Gasteiger partial charge in [0, 0.05) is 31.2 Å². The van der Waals surface area contributed by atoms with Gasteiger partial charge in [-0.2, -0.15) is 0 Å². The van der Waals surface area contributed by atoms with E-state index in [0.29, 0.717) is 13.0 Å². The fourth-order valence-electron chi connectivity index (χ4n) is 3.54. The molecule has 2 aromatic rings. The first kappa shape index (κ1) is 15.8. The number of nitrogens with zero attached hydrogens (tertiary/aromatic N) is 2. The number of para-hydroxylation sites is 1. The summed E-state index contributed by atoms with van der Waals surface area (Å²) in [6.07, 6.45) is 6.06. The lowest BCUT2D eigenvalue weighted by Crippen LogP contribution is -2.37. The highest BCUT2D eigenvalue weighted by molar-refractivity contribution is 6.01. The molecule has 0 spiro atoms. The van der Waals surface area contributed by atoms with Crippen molar-refractivity contribution in [2.75, 3.05) is 11.4 Å². The number of anilines is 1. The molecular formula is C20H21N3O2. The molecule has 1 aromatic carbocycles. The fraction of sp³-hybridized carbons (Fsp3) is 0.350. The van der Waals surface area contributed by atoms with E-state index in [9.17, 15) is 9.59 Å². The minimum Gasteiger partial charge on any atom is -0.352 e. The highest BCUT2D eigenvalue weighted by Gasteiger charge is 2.49. The van der Waals surface area contributed by atoms with E-state index in [1.165, 1.54) is 5.56 Å². The minimum absolute atomic E-state index is 0.0274. The van der Waals surface area contributed by atoms with Crippen LogP contribution in [0.2, 0.25) is 0 Å². The van der Waals surface area contributed by atoms with Gasteiger partial charge in [-0.1, -0.05) is 18.2 Å². The highest BCUT2D eigenvalue weighted by atomic mass is 16.2. The Bertz CT molecular complexity index is 791. The molecule has 2 atom stereocenters. The molecule has 0 saturated heterocycles. The molecule has 1 saturated carbocycles. The minimum atomic E-state index is -0.191. The van der Waals surface area contributed by atoms with Gasteiger partial charge in [-0.25, -0.2) is 0 Å². The molecule has 1 fully saturated rings.